The van der Waals surface area contributed by atoms with Gasteiger partial charge in [0, 0.05) is 16.3 Å². The summed E-state index contributed by atoms with van der Waals surface area (Å²) in [5, 5.41) is 10.4. The van der Waals surface area contributed by atoms with E-state index < -0.39 is 0 Å². The molecule has 0 amide bonds. The third-order valence-corrected chi connectivity index (χ3v) is 5.69. The van der Waals surface area contributed by atoms with Crippen molar-refractivity contribution in [2.24, 2.45) is 0 Å². The summed E-state index contributed by atoms with van der Waals surface area (Å²) in [6, 6.07) is 19.1. The molecule has 1 heterocycles. The van der Waals surface area contributed by atoms with Crippen molar-refractivity contribution >= 4 is 17.4 Å². The fourth-order valence-electron chi connectivity index (χ4n) is 3.21. The summed E-state index contributed by atoms with van der Waals surface area (Å²) in [6.07, 6.45) is -0.242. The lowest BCUT2D eigenvalue weighted by Gasteiger charge is -2.34. The normalized spacial score (nSPS) is 17.0. The lowest BCUT2D eigenvalue weighted by molar-refractivity contribution is -0.903. The Kier molecular flexibility index (Phi) is 6.18. The standard InChI is InChI=1S/C20H26N2OS/c1-17-6-5-9-20(14-17)24-16-19(23)15-21-10-12-22(13-11-21)18-7-3-2-4-8-18/h2-9,14,19,23H,10-13,15-16H2,1H3/p+1/t19-/m1/s1. The molecular weight excluding hydrogens is 316 g/mol. The Balaban J connectivity index is 1.41. The molecule has 1 aliphatic heterocycles. The van der Waals surface area contributed by atoms with Gasteiger partial charge in [0.2, 0.25) is 0 Å². The SMILES string of the molecule is Cc1cccc(SC[C@H](O)C[NH+]2CCN(c3ccccc3)CC2)c1. The van der Waals surface area contributed by atoms with Crippen LogP contribution in [0.2, 0.25) is 0 Å². The molecule has 3 nitrogen and oxygen atoms in total. The van der Waals surface area contributed by atoms with Crippen LogP contribution >= 0.6 is 11.8 Å². The van der Waals surface area contributed by atoms with Gasteiger partial charge in [-0.05, 0) is 31.2 Å². The number of aliphatic hydroxyl groups is 1. The molecule has 0 saturated carbocycles. The van der Waals surface area contributed by atoms with Crippen molar-refractivity contribution in [3.05, 3.63) is 60.2 Å². The molecule has 3 rings (SSSR count). The molecule has 1 atom stereocenters. The van der Waals surface area contributed by atoms with Gasteiger partial charge in [-0.3, -0.25) is 0 Å². The summed E-state index contributed by atoms with van der Waals surface area (Å²) in [4.78, 5) is 5.20. The van der Waals surface area contributed by atoms with Crippen molar-refractivity contribution in [2.75, 3.05) is 43.4 Å². The second-order valence-corrected chi connectivity index (χ2v) is 7.65. The maximum atomic E-state index is 10.4. The lowest BCUT2D eigenvalue weighted by atomic mass is 10.2. The number of benzene rings is 2. The number of quaternary nitrogens is 1. The Morgan fingerprint density at radius 3 is 2.54 bits per heavy atom. The Labute approximate surface area is 149 Å². The van der Waals surface area contributed by atoms with E-state index >= 15 is 0 Å². The highest BCUT2D eigenvalue weighted by Gasteiger charge is 2.22. The number of aryl methyl sites for hydroxylation is 1. The van der Waals surface area contributed by atoms with Crippen molar-refractivity contribution in [1.29, 1.82) is 0 Å². The van der Waals surface area contributed by atoms with Gasteiger partial charge in [0.15, 0.2) is 0 Å². The van der Waals surface area contributed by atoms with Crippen LogP contribution < -0.4 is 9.80 Å². The number of anilines is 1. The van der Waals surface area contributed by atoms with Crippen LogP contribution in [0.3, 0.4) is 0 Å². The number of hydrogen-bond donors (Lipinski definition) is 2. The third-order valence-electron chi connectivity index (χ3n) is 4.55. The first kappa shape index (κ1) is 17.3. The monoisotopic (exact) mass is 343 g/mol. The van der Waals surface area contributed by atoms with E-state index in [9.17, 15) is 5.11 Å². The molecule has 4 heteroatoms. The van der Waals surface area contributed by atoms with Gasteiger partial charge in [-0.1, -0.05) is 35.9 Å². The van der Waals surface area contributed by atoms with Crippen LogP contribution in [0.4, 0.5) is 5.69 Å². The van der Waals surface area contributed by atoms with E-state index in [2.05, 4.69) is 66.4 Å². The average Bonchev–Trinajstić information content (AvgIpc) is 2.61. The first-order valence-corrected chi connectivity index (χ1v) is 9.70. The predicted octanol–water partition coefficient (Wildman–Crippen LogP) is 1.85. The number of para-hydroxylation sites is 1. The van der Waals surface area contributed by atoms with Gasteiger partial charge in [0.25, 0.3) is 0 Å². The highest BCUT2D eigenvalue weighted by Crippen LogP contribution is 2.19. The number of piperazine rings is 1. The van der Waals surface area contributed by atoms with Crippen molar-refractivity contribution in [1.82, 2.24) is 0 Å². The topological polar surface area (TPSA) is 27.9 Å². The third kappa shape index (κ3) is 5.00. The molecule has 0 aliphatic carbocycles. The average molecular weight is 344 g/mol. The molecule has 1 aliphatic rings. The molecule has 2 aromatic rings. The minimum absolute atomic E-state index is 0.242. The maximum absolute atomic E-state index is 10.4. The minimum atomic E-state index is -0.242. The van der Waals surface area contributed by atoms with Crippen molar-refractivity contribution < 1.29 is 10.0 Å². The lowest BCUT2D eigenvalue weighted by Crippen LogP contribution is -3.15. The van der Waals surface area contributed by atoms with Crippen molar-refractivity contribution in [3.8, 4) is 0 Å². The van der Waals surface area contributed by atoms with Gasteiger partial charge in [0.1, 0.15) is 12.6 Å². The second-order valence-electron chi connectivity index (χ2n) is 6.56. The molecule has 2 aromatic carbocycles. The Morgan fingerprint density at radius 1 is 1.08 bits per heavy atom. The zero-order chi connectivity index (χ0) is 16.8. The molecule has 0 unspecified atom stereocenters. The van der Waals surface area contributed by atoms with Crippen molar-refractivity contribution in [2.45, 2.75) is 17.9 Å². The van der Waals surface area contributed by atoms with Crippen LogP contribution in [-0.2, 0) is 0 Å². The first-order chi connectivity index (χ1) is 11.7. The summed E-state index contributed by atoms with van der Waals surface area (Å²) in [7, 11) is 0. The fourth-order valence-corrected chi connectivity index (χ4v) is 4.16. The predicted molar refractivity (Wildman–Crippen MR) is 102 cm³/mol. The summed E-state index contributed by atoms with van der Waals surface area (Å²) < 4.78 is 0. The van der Waals surface area contributed by atoms with E-state index in [1.165, 1.54) is 21.0 Å². The van der Waals surface area contributed by atoms with Crippen LogP contribution in [0.5, 0.6) is 0 Å². The summed E-state index contributed by atoms with van der Waals surface area (Å²) >= 11 is 1.75. The molecule has 0 radical (unpaired) electrons. The van der Waals surface area contributed by atoms with Gasteiger partial charge in [-0.15, -0.1) is 11.8 Å². The van der Waals surface area contributed by atoms with Crippen LogP contribution in [0.15, 0.2) is 59.5 Å². The summed E-state index contributed by atoms with van der Waals surface area (Å²) in [5.41, 5.74) is 2.59. The number of nitrogens with zero attached hydrogens (tertiary/aromatic N) is 1. The fraction of sp³-hybridized carbons (Fsp3) is 0.400. The van der Waals surface area contributed by atoms with Gasteiger partial charge in [0.05, 0.1) is 26.2 Å². The highest BCUT2D eigenvalue weighted by atomic mass is 32.2. The number of rotatable bonds is 6. The van der Waals surface area contributed by atoms with E-state index in [4.69, 9.17) is 0 Å². The number of hydrogen-bond acceptors (Lipinski definition) is 3. The summed E-state index contributed by atoms with van der Waals surface area (Å²) in [6.45, 7) is 7.29. The second kappa shape index (κ2) is 8.56. The molecule has 24 heavy (non-hydrogen) atoms. The highest BCUT2D eigenvalue weighted by molar-refractivity contribution is 7.99. The summed E-state index contributed by atoms with van der Waals surface area (Å²) in [5.74, 6) is 0.773. The number of thioether (sulfide) groups is 1. The van der Waals surface area contributed by atoms with Gasteiger partial charge >= 0.3 is 0 Å². The zero-order valence-corrected chi connectivity index (χ0v) is 15.1. The van der Waals surface area contributed by atoms with E-state index in [0.29, 0.717) is 0 Å². The largest absolute Gasteiger partial charge is 0.386 e. The molecule has 128 valence electrons. The smallest absolute Gasteiger partial charge is 0.112 e. The maximum Gasteiger partial charge on any atom is 0.112 e. The van der Waals surface area contributed by atoms with Crippen molar-refractivity contribution in [3.63, 3.8) is 0 Å². The molecule has 0 bridgehead atoms. The van der Waals surface area contributed by atoms with Crippen LogP contribution in [0.25, 0.3) is 0 Å². The van der Waals surface area contributed by atoms with Gasteiger partial charge < -0.3 is 14.9 Å². The molecular formula is C20H27N2OS+. The number of aliphatic hydroxyl groups excluding tert-OH is 1. The number of nitrogens with one attached hydrogen (secondary N) is 1. The van der Waals surface area contributed by atoms with Gasteiger partial charge in [-0.25, -0.2) is 0 Å². The van der Waals surface area contributed by atoms with Crippen LogP contribution in [0, 0.1) is 6.92 Å². The van der Waals surface area contributed by atoms with Crippen LogP contribution in [-0.4, -0.2) is 49.7 Å². The first-order valence-electron chi connectivity index (χ1n) is 8.72. The molecule has 2 N–H and O–H groups in total. The molecule has 1 saturated heterocycles. The van der Waals surface area contributed by atoms with E-state index in [0.717, 1.165) is 38.5 Å². The quantitative estimate of drug-likeness (QED) is 0.784. The Bertz CT molecular complexity index is 627. The van der Waals surface area contributed by atoms with Crippen LogP contribution in [0.1, 0.15) is 5.56 Å². The molecule has 0 aromatic heterocycles. The molecule has 1 fully saturated rings. The molecule has 0 spiro atoms. The Hall–Kier alpha value is -1.49. The minimum Gasteiger partial charge on any atom is -0.386 e. The zero-order valence-electron chi connectivity index (χ0n) is 14.3. The van der Waals surface area contributed by atoms with E-state index in [1.807, 2.05) is 0 Å². The Morgan fingerprint density at radius 2 is 1.83 bits per heavy atom. The van der Waals surface area contributed by atoms with Gasteiger partial charge in [-0.2, -0.15) is 0 Å². The van der Waals surface area contributed by atoms with E-state index in [-0.39, 0.29) is 6.10 Å². The van der Waals surface area contributed by atoms with E-state index in [1.54, 1.807) is 11.8 Å².